The Morgan fingerprint density at radius 3 is 2.47 bits per heavy atom. The van der Waals surface area contributed by atoms with Crippen LogP contribution in [-0.4, -0.2) is 11.8 Å². The molecule has 2 amide bonds. The van der Waals surface area contributed by atoms with Gasteiger partial charge in [0.1, 0.15) is 0 Å². The van der Waals surface area contributed by atoms with Crippen LogP contribution in [0.1, 0.15) is 19.8 Å². The van der Waals surface area contributed by atoms with Crippen LogP contribution in [0.25, 0.3) is 0 Å². The third-order valence-corrected chi connectivity index (χ3v) is 3.43. The zero-order chi connectivity index (χ0) is 12.6. The second-order valence-electron chi connectivity index (χ2n) is 4.35. The van der Waals surface area contributed by atoms with Crippen LogP contribution in [0.5, 0.6) is 0 Å². The summed E-state index contributed by atoms with van der Waals surface area (Å²) in [5, 5.41) is 0. The van der Waals surface area contributed by atoms with E-state index in [1.54, 1.807) is 18.2 Å². The van der Waals surface area contributed by atoms with E-state index in [4.69, 9.17) is 5.73 Å². The van der Waals surface area contributed by atoms with Gasteiger partial charge in [0, 0.05) is 23.0 Å². The molecule has 1 fully saturated rings. The minimum atomic E-state index is -0.167. The number of carbonyl (C=O) groups is 2. The number of benzene rings is 1. The van der Waals surface area contributed by atoms with E-state index in [1.165, 1.54) is 4.90 Å². The molecule has 1 saturated heterocycles. The van der Waals surface area contributed by atoms with Gasteiger partial charge < -0.3 is 5.73 Å². The minimum Gasteiger partial charge on any atom is -0.399 e. The number of hydrogen-bond acceptors (Lipinski definition) is 3. The van der Waals surface area contributed by atoms with Crippen LogP contribution in [-0.2, 0) is 9.59 Å². The highest BCUT2D eigenvalue weighted by Gasteiger charge is 2.32. The van der Waals surface area contributed by atoms with Crippen molar-refractivity contribution in [1.82, 2.24) is 0 Å². The molecule has 0 aliphatic carbocycles. The molecule has 0 bridgehead atoms. The average Bonchev–Trinajstić information content (AvgIpc) is 2.21. The van der Waals surface area contributed by atoms with E-state index in [0.29, 0.717) is 28.7 Å². The monoisotopic (exact) mass is 296 g/mol. The molecule has 0 aromatic heterocycles. The van der Waals surface area contributed by atoms with Crippen LogP contribution < -0.4 is 10.6 Å². The summed E-state index contributed by atoms with van der Waals surface area (Å²) in [6.45, 7) is 1.90. The fourth-order valence-corrected chi connectivity index (χ4v) is 2.38. The lowest BCUT2D eigenvalue weighted by molar-refractivity contribution is -0.130. The number of hydrogen-bond donors (Lipinski definition) is 1. The van der Waals surface area contributed by atoms with Crippen molar-refractivity contribution < 1.29 is 9.59 Å². The second-order valence-corrected chi connectivity index (χ2v) is 5.20. The van der Waals surface area contributed by atoms with E-state index in [-0.39, 0.29) is 17.7 Å². The standard InChI is InChI=1S/C12H13BrN2O2/c1-7-4-11(16)15(12(17)5-7)10-6-8(14)2-3-9(10)13/h2-3,6-7H,4-5,14H2,1H3. The number of nitrogens with zero attached hydrogens (tertiary/aromatic N) is 1. The fourth-order valence-electron chi connectivity index (χ4n) is 1.96. The van der Waals surface area contributed by atoms with Crippen LogP contribution >= 0.6 is 15.9 Å². The summed E-state index contributed by atoms with van der Waals surface area (Å²) >= 11 is 3.33. The van der Waals surface area contributed by atoms with Gasteiger partial charge in [-0.3, -0.25) is 9.59 Å². The van der Waals surface area contributed by atoms with Crippen LogP contribution in [0.15, 0.2) is 22.7 Å². The van der Waals surface area contributed by atoms with Gasteiger partial charge in [-0.25, -0.2) is 4.90 Å². The molecule has 0 radical (unpaired) electrons. The van der Waals surface area contributed by atoms with Crippen molar-refractivity contribution in [3.8, 4) is 0 Å². The molecule has 0 saturated carbocycles. The van der Waals surface area contributed by atoms with Gasteiger partial charge in [0.05, 0.1) is 5.69 Å². The number of piperidine rings is 1. The van der Waals surface area contributed by atoms with Crippen molar-refractivity contribution in [3.63, 3.8) is 0 Å². The maximum atomic E-state index is 11.9. The summed E-state index contributed by atoms with van der Waals surface area (Å²) < 4.78 is 0.697. The van der Waals surface area contributed by atoms with Crippen molar-refractivity contribution in [2.45, 2.75) is 19.8 Å². The van der Waals surface area contributed by atoms with Crippen molar-refractivity contribution in [1.29, 1.82) is 0 Å². The topological polar surface area (TPSA) is 63.4 Å². The molecular formula is C12H13BrN2O2. The molecule has 1 heterocycles. The van der Waals surface area contributed by atoms with E-state index >= 15 is 0 Å². The Kier molecular flexibility index (Phi) is 3.19. The average molecular weight is 297 g/mol. The lowest BCUT2D eigenvalue weighted by atomic mass is 9.97. The van der Waals surface area contributed by atoms with Crippen molar-refractivity contribution in [3.05, 3.63) is 22.7 Å². The predicted octanol–water partition coefficient (Wildman–Crippen LogP) is 2.32. The highest BCUT2D eigenvalue weighted by molar-refractivity contribution is 9.10. The Labute approximate surface area is 108 Å². The zero-order valence-electron chi connectivity index (χ0n) is 9.44. The maximum Gasteiger partial charge on any atom is 0.234 e. The molecule has 1 aliphatic heterocycles. The summed E-state index contributed by atoms with van der Waals surface area (Å²) in [5.74, 6) is -0.216. The van der Waals surface area contributed by atoms with E-state index < -0.39 is 0 Å². The van der Waals surface area contributed by atoms with Crippen molar-refractivity contribution in [2.75, 3.05) is 10.6 Å². The third kappa shape index (κ3) is 2.34. The van der Waals surface area contributed by atoms with Crippen molar-refractivity contribution >= 4 is 39.1 Å². The first kappa shape index (κ1) is 12.1. The summed E-state index contributed by atoms with van der Waals surface area (Å²) in [4.78, 5) is 25.1. The van der Waals surface area contributed by atoms with Crippen molar-refractivity contribution in [2.24, 2.45) is 5.92 Å². The SMILES string of the molecule is CC1CC(=O)N(c2cc(N)ccc2Br)C(=O)C1. The molecule has 4 nitrogen and oxygen atoms in total. The molecule has 5 heteroatoms. The molecule has 1 aromatic carbocycles. The fraction of sp³-hybridized carbons (Fsp3) is 0.333. The van der Waals surface area contributed by atoms with Gasteiger partial charge in [-0.05, 0) is 40.0 Å². The van der Waals surface area contributed by atoms with Crippen LogP contribution in [0.3, 0.4) is 0 Å². The number of amides is 2. The molecule has 90 valence electrons. The molecule has 2 rings (SSSR count). The van der Waals surface area contributed by atoms with Gasteiger partial charge in [-0.2, -0.15) is 0 Å². The Morgan fingerprint density at radius 1 is 1.29 bits per heavy atom. The third-order valence-electron chi connectivity index (χ3n) is 2.76. The number of nitrogen functional groups attached to an aromatic ring is 1. The summed E-state index contributed by atoms with van der Waals surface area (Å²) in [7, 11) is 0. The quantitative estimate of drug-likeness (QED) is 0.639. The number of halogens is 1. The van der Waals surface area contributed by atoms with Crippen LogP contribution in [0.4, 0.5) is 11.4 Å². The van der Waals surface area contributed by atoms with Crippen LogP contribution in [0, 0.1) is 5.92 Å². The first-order valence-corrected chi connectivity index (χ1v) is 6.19. The molecule has 2 N–H and O–H groups in total. The van der Waals surface area contributed by atoms with E-state index in [1.807, 2.05) is 6.92 Å². The molecule has 0 spiro atoms. The Bertz CT molecular complexity index is 469. The zero-order valence-corrected chi connectivity index (χ0v) is 11.0. The predicted molar refractivity (Wildman–Crippen MR) is 69.4 cm³/mol. The van der Waals surface area contributed by atoms with E-state index in [9.17, 15) is 9.59 Å². The molecule has 1 aliphatic rings. The lowest BCUT2D eigenvalue weighted by Crippen LogP contribution is -2.43. The van der Waals surface area contributed by atoms with Gasteiger partial charge in [-0.1, -0.05) is 6.92 Å². The molecule has 17 heavy (non-hydrogen) atoms. The molecule has 0 unspecified atom stereocenters. The first-order valence-electron chi connectivity index (χ1n) is 5.40. The van der Waals surface area contributed by atoms with Gasteiger partial charge in [0.15, 0.2) is 0 Å². The number of imide groups is 1. The summed E-state index contributed by atoms with van der Waals surface area (Å²) in [6.07, 6.45) is 0.792. The number of anilines is 2. The number of rotatable bonds is 1. The molecular weight excluding hydrogens is 284 g/mol. The first-order chi connectivity index (χ1) is 7.99. The molecule has 0 atom stereocenters. The minimum absolute atomic E-state index is 0.117. The Balaban J connectivity index is 2.41. The normalized spacial score (nSPS) is 17.6. The summed E-state index contributed by atoms with van der Waals surface area (Å²) in [6, 6.07) is 5.09. The largest absolute Gasteiger partial charge is 0.399 e. The smallest absolute Gasteiger partial charge is 0.234 e. The Morgan fingerprint density at radius 2 is 1.88 bits per heavy atom. The lowest BCUT2D eigenvalue weighted by Gasteiger charge is -2.29. The second kappa shape index (κ2) is 4.49. The Hall–Kier alpha value is -1.36. The van der Waals surface area contributed by atoms with Gasteiger partial charge in [-0.15, -0.1) is 0 Å². The maximum absolute atomic E-state index is 11.9. The van der Waals surface area contributed by atoms with Gasteiger partial charge in [0.25, 0.3) is 0 Å². The van der Waals surface area contributed by atoms with E-state index in [0.717, 1.165) is 0 Å². The van der Waals surface area contributed by atoms with Gasteiger partial charge in [0.2, 0.25) is 11.8 Å². The van der Waals surface area contributed by atoms with E-state index in [2.05, 4.69) is 15.9 Å². The molecule has 1 aromatic rings. The van der Waals surface area contributed by atoms with Crippen LogP contribution in [0.2, 0.25) is 0 Å². The highest BCUT2D eigenvalue weighted by Crippen LogP contribution is 2.32. The number of carbonyl (C=O) groups excluding carboxylic acids is 2. The van der Waals surface area contributed by atoms with Gasteiger partial charge >= 0.3 is 0 Å². The number of nitrogens with two attached hydrogens (primary N) is 1. The summed E-state index contributed by atoms with van der Waals surface area (Å²) in [5.41, 5.74) is 6.75. The highest BCUT2D eigenvalue weighted by atomic mass is 79.9.